The largest absolute Gasteiger partial charge is 0.454 e. The molecule has 1 aliphatic carbocycles. The van der Waals surface area contributed by atoms with E-state index in [1.54, 1.807) is 9.36 Å². The molecule has 9 nitrogen and oxygen atoms in total. The Balaban J connectivity index is 1.63. The van der Waals surface area contributed by atoms with Crippen molar-refractivity contribution in [3.8, 4) is 28.7 Å². The van der Waals surface area contributed by atoms with Crippen molar-refractivity contribution in [1.82, 2.24) is 24.5 Å². The van der Waals surface area contributed by atoms with Crippen LogP contribution in [0, 0.1) is 0 Å². The lowest BCUT2D eigenvalue weighted by atomic mass is 10.2. The molecule has 0 saturated heterocycles. The fourth-order valence-corrected chi connectivity index (χ4v) is 3.23. The highest BCUT2D eigenvalue weighted by molar-refractivity contribution is 5.75. The summed E-state index contributed by atoms with van der Waals surface area (Å²) in [5, 5.41) is 9.11. The van der Waals surface area contributed by atoms with E-state index in [0.717, 1.165) is 29.9 Å². The Kier molecular flexibility index (Phi) is 3.43. The van der Waals surface area contributed by atoms with Crippen molar-refractivity contribution in [2.75, 3.05) is 6.79 Å². The summed E-state index contributed by atoms with van der Waals surface area (Å²) in [4.78, 5) is 15.9. The molecule has 0 unspecified atom stereocenters. The predicted octanol–water partition coefficient (Wildman–Crippen LogP) is 1.30. The summed E-state index contributed by atoms with van der Waals surface area (Å²) in [6.07, 6.45) is 2.30. The molecule has 9 heteroatoms. The molecule has 3 aromatic rings. The number of aryl methyl sites for hydroxylation is 1. The molecule has 0 spiro atoms. The number of benzene rings is 1. The maximum Gasteiger partial charge on any atom is 0.231 e. The molecule has 1 aromatic carbocycles. The molecular formula is C18H18N6O3. The van der Waals surface area contributed by atoms with E-state index in [0.29, 0.717) is 29.1 Å². The molecule has 2 N–H and O–H groups in total. The zero-order chi connectivity index (χ0) is 18.5. The van der Waals surface area contributed by atoms with Crippen LogP contribution in [0.5, 0.6) is 11.5 Å². The van der Waals surface area contributed by atoms with E-state index in [2.05, 4.69) is 15.2 Å². The van der Waals surface area contributed by atoms with Gasteiger partial charge in [0.1, 0.15) is 5.69 Å². The fourth-order valence-electron chi connectivity index (χ4n) is 3.23. The van der Waals surface area contributed by atoms with Crippen LogP contribution in [0.1, 0.15) is 30.3 Å². The van der Waals surface area contributed by atoms with Gasteiger partial charge in [-0.3, -0.25) is 9.48 Å². The third-order valence-electron chi connectivity index (χ3n) is 4.71. The number of nitrogens with zero attached hydrogens (tertiary/aromatic N) is 5. The monoisotopic (exact) mass is 366 g/mol. The normalized spacial score (nSPS) is 15.3. The molecule has 2 aliphatic rings. The number of carbonyl (C=O) groups excluding carboxylic acids is 1. The molecule has 1 fully saturated rings. The van der Waals surface area contributed by atoms with Crippen molar-refractivity contribution in [2.45, 2.75) is 25.2 Å². The van der Waals surface area contributed by atoms with Gasteiger partial charge in [-0.1, -0.05) is 0 Å². The van der Waals surface area contributed by atoms with Crippen molar-refractivity contribution in [3.05, 3.63) is 35.8 Å². The fraction of sp³-hybridized carbons (Fsp3) is 0.333. The minimum atomic E-state index is -0.479. The first kappa shape index (κ1) is 15.9. The van der Waals surface area contributed by atoms with Crippen molar-refractivity contribution >= 4 is 5.91 Å². The van der Waals surface area contributed by atoms with Crippen molar-refractivity contribution in [2.24, 2.45) is 12.8 Å². The average molecular weight is 366 g/mol. The van der Waals surface area contributed by atoms with E-state index >= 15 is 0 Å². The quantitative estimate of drug-likeness (QED) is 0.729. The lowest BCUT2D eigenvalue weighted by Gasteiger charge is -2.07. The van der Waals surface area contributed by atoms with Gasteiger partial charge in [0, 0.05) is 19.0 Å². The van der Waals surface area contributed by atoms with Crippen LogP contribution in [0.25, 0.3) is 17.2 Å². The van der Waals surface area contributed by atoms with Crippen LogP contribution in [0.3, 0.4) is 0 Å². The Morgan fingerprint density at radius 1 is 1.22 bits per heavy atom. The molecule has 27 heavy (non-hydrogen) atoms. The van der Waals surface area contributed by atoms with Gasteiger partial charge < -0.3 is 15.2 Å². The number of primary amides is 1. The van der Waals surface area contributed by atoms with E-state index in [1.807, 2.05) is 31.3 Å². The standard InChI is InChI=1S/C18H18N6O3/c1-23-13(7-12(21-23)10-2-3-10)18-20-17(8-16(19)25)22-24(18)11-4-5-14-15(6-11)27-9-26-14/h4-7,10H,2-3,8-9H2,1H3,(H2,19,25). The van der Waals surface area contributed by atoms with Crippen molar-refractivity contribution in [1.29, 1.82) is 0 Å². The van der Waals surface area contributed by atoms with E-state index in [9.17, 15) is 4.79 Å². The Morgan fingerprint density at radius 2 is 2.04 bits per heavy atom. The summed E-state index contributed by atoms with van der Waals surface area (Å²) in [7, 11) is 1.88. The first-order valence-electron chi connectivity index (χ1n) is 8.77. The van der Waals surface area contributed by atoms with Gasteiger partial charge in [-0.25, -0.2) is 9.67 Å². The smallest absolute Gasteiger partial charge is 0.231 e. The lowest BCUT2D eigenvalue weighted by molar-refractivity contribution is -0.117. The molecule has 0 bridgehead atoms. The summed E-state index contributed by atoms with van der Waals surface area (Å²) in [6.45, 7) is 0.197. The molecule has 138 valence electrons. The molecular weight excluding hydrogens is 348 g/mol. The highest BCUT2D eigenvalue weighted by Gasteiger charge is 2.28. The first-order valence-corrected chi connectivity index (χ1v) is 8.77. The molecule has 1 saturated carbocycles. The molecule has 1 amide bonds. The van der Waals surface area contributed by atoms with Crippen molar-refractivity contribution < 1.29 is 14.3 Å². The number of nitrogens with two attached hydrogens (primary N) is 1. The van der Waals surface area contributed by atoms with E-state index < -0.39 is 5.91 Å². The number of ether oxygens (including phenoxy) is 2. The minimum absolute atomic E-state index is 0.0299. The molecule has 3 heterocycles. The highest BCUT2D eigenvalue weighted by atomic mass is 16.7. The second-order valence-electron chi connectivity index (χ2n) is 6.80. The number of amides is 1. The molecule has 2 aromatic heterocycles. The number of fused-ring (bicyclic) bond motifs is 1. The molecule has 0 radical (unpaired) electrons. The average Bonchev–Trinajstić information content (AvgIpc) is 3.06. The summed E-state index contributed by atoms with van der Waals surface area (Å²) >= 11 is 0. The van der Waals surface area contributed by atoms with Gasteiger partial charge in [0.25, 0.3) is 0 Å². The second-order valence-corrected chi connectivity index (χ2v) is 6.80. The van der Waals surface area contributed by atoms with Crippen molar-refractivity contribution in [3.63, 3.8) is 0 Å². The van der Waals surface area contributed by atoms with Gasteiger partial charge in [0.05, 0.1) is 17.8 Å². The summed E-state index contributed by atoms with van der Waals surface area (Å²) < 4.78 is 14.3. The van der Waals surface area contributed by atoms with Crippen LogP contribution in [0.4, 0.5) is 0 Å². The third-order valence-corrected chi connectivity index (χ3v) is 4.71. The van der Waals surface area contributed by atoms with Crippen LogP contribution in [-0.2, 0) is 18.3 Å². The zero-order valence-electron chi connectivity index (χ0n) is 14.8. The lowest BCUT2D eigenvalue weighted by Crippen LogP contribution is -2.14. The van der Waals surface area contributed by atoms with Gasteiger partial charge in [-0.15, -0.1) is 0 Å². The second kappa shape index (κ2) is 5.83. The topological polar surface area (TPSA) is 110 Å². The Hall–Kier alpha value is -3.36. The number of carbonyl (C=O) groups is 1. The van der Waals surface area contributed by atoms with Crippen LogP contribution < -0.4 is 15.2 Å². The highest BCUT2D eigenvalue weighted by Crippen LogP contribution is 2.40. The first-order chi connectivity index (χ1) is 13.1. The van der Waals surface area contributed by atoms with Gasteiger partial charge in [0.15, 0.2) is 23.1 Å². The van der Waals surface area contributed by atoms with E-state index in [4.69, 9.17) is 15.2 Å². The van der Waals surface area contributed by atoms with Crippen LogP contribution in [0.15, 0.2) is 24.3 Å². The summed E-state index contributed by atoms with van der Waals surface area (Å²) in [5.74, 6) is 2.35. The Labute approximate surface area is 154 Å². The van der Waals surface area contributed by atoms with Crippen LogP contribution in [-0.4, -0.2) is 37.2 Å². The molecule has 1 aliphatic heterocycles. The van der Waals surface area contributed by atoms with Gasteiger partial charge in [-0.2, -0.15) is 10.2 Å². The van der Waals surface area contributed by atoms with Crippen LogP contribution >= 0.6 is 0 Å². The number of hydrogen-bond acceptors (Lipinski definition) is 6. The van der Waals surface area contributed by atoms with Gasteiger partial charge in [0.2, 0.25) is 12.7 Å². The number of aromatic nitrogens is 5. The van der Waals surface area contributed by atoms with Gasteiger partial charge in [-0.05, 0) is 31.0 Å². The maximum absolute atomic E-state index is 11.4. The SMILES string of the molecule is Cn1nc(C2CC2)cc1-c1nc(CC(N)=O)nn1-c1ccc2c(c1)OCO2. The molecule has 0 atom stereocenters. The Bertz CT molecular complexity index is 1050. The van der Waals surface area contributed by atoms with E-state index in [-0.39, 0.29) is 13.2 Å². The maximum atomic E-state index is 11.4. The number of rotatable bonds is 5. The minimum Gasteiger partial charge on any atom is -0.454 e. The molecule has 5 rings (SSSR count). The van der Waals surface area contributed by atoms with E-state index in [1.165, 1.54) is 0 Å². The summed E-state index contributed by atoms with van der Waals surface area (Å²) in [5.41, 5.74) is 7.98. The Morgan fingerprint density at radius 3 is 2.81 bits per heavy atom. The summed E-state index contributed by atoms with van der Waals surface area (Å²) in [6, 6.07) is 7.58. The third kappa shape index (κ3) is 2.80. The number of hydrogen-bond donors (Lipinski definition) is 1. The predicted molar refractivity (Wildman–Crippen MR) is 94.6 cm³/mol. The van der Waals surface area contributed by atoms with Gasteiger partial charge >= 0.3 is 0 Å². The zero-order valence-corrected chi connectivity index (χ0v) is 14.8. The van der Waals surface area contributed by atoms with Crippen LogP contribution in [0.2, 0.25) is 0 Å².